The maximum absolute atomic E-state index is 4.75. The highest BCUT2D eigenvalue weighted by molar-refractivity contribution is 7.00. The molecule has 0 spiro atoms. The number of hydrogen-bond acceptors (Lipinski definition) is 5. The van der Waals surface area contributed by atoms with Crippen molar-refractivity contribution in [2.45, 2.75) is 0 Å². The van der Waals surface area contributed by atoms with Gasteiger partial charge < -0.3 is 9.80 Å². The Labute approximate surface area is 367 Å². The van der Waals surface area contributed by atoms with Gasteiger partial charge in [0.1, 0.15) is 12.7 Å². The second-order valence-electron chi connectivity index (χ2n) is 16.1. The summed E-state index contributed by atoms with van der Waals surface area (Å²) in [5.41, 5.74) is 20.4. The molecule has 63 heavy (non-hydrogen) atoms. The number of fused-ring (bicyclic) bond motifs is 4. The summed E-state index contributed by atoms with van der Waals surface area (Å²) >= 11 is 0. The molecule has 0 unspecified atom stereocenters. The Morgan fingerprint density at radius 3 is 1.03 bits per heavy atom. The molecule has 10 aromatic rings. The molecule has 0 aliphatic carbocycles. The van der Waals surface area contributed by atoms with Crippen LogP contribution in [0.3, 0.4) is 0 Å². The molecule has 12 rings (SSSR count). The second-order valence-corrected chi connectivity index (χ2v) is 16.1. The number of nitrogens with zero attached hydrogens (tertiary/aromatic N) is 5. The highest BCUT2D eigenvalue weighted by atomic mass is 15.2. The Hall–Kier alpha value is -8.35. The normalized spacial score (nSPS) is 12.3. The topological polar surface area (TPSA) is 45.2 Å². The number of hydrogen-bond donors (Lipinski definition) is 0. The van der Waals surface area contributed by atoms with E-state index in [9.17, 15) is 0 Å². The summed E-state index contributed by atoms with van der Waals surface area (Å²) in [6.45, 7) is -0.0425. The van der Waals surface area contributed by atoms with Crippen LogP contribution >= 0.6 is 0 Å². The smallest absolute Gasteiger partial charge is 0.252 e. The average molecular weight is 804 g/mol. The van der Waals surface area contributed by atoms with Crippen LogP contribution in [0.1, 0.15) is 0 Å². The first-order valence-corrected chi connectivity index (χ1v) is 21.4. The first kappa shape index (κ1) is 36.5. The van der Waals surface area contributed by atoms with Crippen molar-refractivity contribution in [2.75, 3.05) is 9.80 Å². The third-order valence-corrected chi connectivity index (χ3v) is 12.4. The predicted molar refractivity (Wildman–Crippen MR) is 261 cm³/mol. The quantitative estimate of drug-likeness (QED) is 0.150. The van der Waals surface area contributed by atoms with Gasteiger partial charge in [-0.3, -0.25) is 0 Å². The lowest BCUT2D eigenvalue weighted by atomic mass is 9.33. The summed E-state index contributed by atoms with van der Waals surface area (Å²) in [4.78, 5) is 18.7. The van der Waals surface area contributed by atoms with E-state index in [1.165, 1.54) is 16.4 Å². The maximum Gasteiger partial charge on any atom is 0.252 e. The third-order valence-electron chi connectivity index (χ3n) is 12.4. The molecule has 5 nitrogen and oxygen atoms in total. The summed E-state index contributed by atoms with van der Waals surface area (Å²) in [7, 11) is 0. The van der Waals surface area contributed by atoms with Crippen molar-refractivity contribution in [3.63, 3.8) is 0 Å². The minimum Gasteiger partial charge on any atom is -0.311 e. The molecule has 0 N–H and O–H groups in total. The fourth-order valence-electron chi connectivity index (χ4n) is 9.64. The van der Waals surface area contributed by atoms with Gasteiger partial charge in [-0.2, -0.15) is 0 Å². The zero-order chi connectivity index (χ0) is 41.7. The van der Waals surface area contributed by atoms with Crippen molar-refractivity contribution in [2.24, 2.45) is 0 Å². The van der Waals surface area contributed by atoms with E-state index in [2.05, 4.69) is 233 Å². The molecule has 0 atom stereocenters. The lowest BCUT2D eigenvalue weighted by Crippen LogP contribution is -2.61. The van der Waals surface area contributed by atoms with Crippen LogP contribution in [0.15, 0.2) is 231 Å². The van der Waals surface area contributed by atoms with Gasteiger partial charge in [0, 0.05) is 39.7 Å². The third kappa shape index (κ3) is 6.39. The summed E-state index contributed by atoms with van der Waals surface area (Å²) in [5.74, 6) is 0.615. The molecular formula is C57H38BN5. The Morgan fingerprint density at radius 1 is 0.302 bits per heavy atom. The largest absolute Gasteiger partial charge is 0.311 e. The zero-order valence-corrected chi connectivity index (χ0v) is 34.3. The molecule has 2 aliphatic rings. The fourth-order valence-corrected chi connectivity index (χ4v) is 9.64. The minimum absolute atomic E-state index is 0.0425. The lowest BCUT2D eigenvalue weighted by Gasteiger charge is -2.44. The van der Waals surface area contributed by atoms with Crippen LogP contribution in [0.5, 0.6) is 0 Å². The molecule has 3 heterocycles. The van der Waals surface area contributed by atoms with Crippen LogP contribution in [0.25, 0.3) is 55.9 Å². The van der Waals surface area contributed by atoms with Gasteiger partial charge in [0.15, 0.2) is 5.82 Å². The van der Waals surface area contributed by atoms with E-state index in [4.69, 9.17) is 9.97 Å². The van der Waals surface area contributed by atoms with Gasteiger partial charge in [0.2, 0.25) is 0 Å². The van der Waals surface area contributed by atoms with E-state index < -0.39 is 0 Å². The van der Waals surface area contributed by atoms with Gasteiger partial charge in [0.25, 0.3) is 6.71 Å². The van der Waals surface area contributed by atoms with Crippen LogP contribution < -0.4 is 26.2 Å². The van der Waals surface area contributed by atoms with E-state index in [1.807, 2.05) is 0 Å². The summed E-state index contributed by atoms with van der Waals surface area (Å²) in [5, 5.41) is 0. The Balaban J connectivity index is 1.17. The van der Waals surface area contributed by atoms with Crippen molar-refractivity contribution < 1.29 is 0 Å². The number of anilines is 6. The molecule has 9 aromatic carbocycles. The zero-order valence-electron chi connectivity index (χ0n) is 34.3. The van der Waals surface area contributed by atoms with Crippen LogP contribution in [-0.4, -0.2) is 21.7 Å². The molecule has 0 bridgehead atoms. The highest BCUT2D eigenvalue weighted by Crippen LogP contribution is 2.48. The molecular weight excluding hydrogens is 765 g/mol. The summed E-state index contributed by atoms with van der Waals surface area (Å²) < 4.78 is 0. The Bertz CT molecular complexity index is 2980. The maximum atomic E-state index is 4.75. The molecule has 2 aliphatic heterocycles. The first-order chi connectivity index (χ1) is 31.2. The van der Waals surface area contributed by atoms with Gasteiger partial charge in [-0.25, -0.2) is 15.0 Å². The lowest BCUT2D eigenvalue weighted by molar-refractivity contribution is 1.05. The molecule has 0 fully saturated rings. The highest BCUT2D eigenvalue weighted by Gasteiger charge is 2.43. The molecule has 6 heteroatoms. The number of aromatic nitrogens is 3. The number of rotatable bonds is 7. The second kappa shape index (κ2) is 15.3. The standard InChI is InChI=1S/C57H38BN5/c1-5-17-39(18-6-1)43-29-44(40-19-7-2-8-20-40)32-48(31-43)62-52-27-15-13-25-50(52)58-51-26-14-16-28-53(51)63(55-36-47(35-54(62)56(55)58)57-60-37-59-38-61-57)49-33-45(41-21-9-3-10-22-41)30-46(34-49)42-23-11-4-12-24-42/h1-38H. The number of para-hydroxylation sites is 2. The molecule has 1 aromatic heterocycles. The van der Waals surface area contributed by atoms with E-state index in [0.29, 0.717) is 5.82 Å². The van der Waals surface area contributed by atoms with Crippen molar-refractivity contribution in [3.8, 4) is 55.9 Å². The summed E-state index contributed by atoms with van der Waals surface area (Å²) in [6, 6.07) is 79.2. The van der Waals surface area contributed by atoms with Crippen LogP contribution in [0.2, 0.25) is 0 Å². The molecule has 0 saturated heterocycles. The van der Waals surface area contributed by atoms with Gasteiger partial charge in [0.05, 0.1) is 0 Å². The van der Waals surface area contributed by atoms with Crippen molar-refractivity contribution in [1.29, 1.82) is 0 Å². The first-order valence-electron chi connectivity index (χ1n) is 21.4. The fraction of sp³-hybridized carbons (Fsp3) is 0. The minimum atomic E-state index is -0.0425. The van der Waals surface area contributed by atoms with Gasteiger partial charge in [-0.15, -0.1) is 0 Å². The number of benzene rings is 9. The summed E-state index contributed by atoms with van der Waals surface area (Å²) in [6.07, 6.45) is 3.17. The van der Waals surface area contributed by atoms with Crippen LogP contribution in [0.4, 0.5) is 34.1 Å². The van der Waals surface area contributed by atoms with Gasteiger partial charge >= 0.3 is 0 Å². The van der Waals surface area contributed by atoms with E-state index in [1.54, 1.807) is 12.7 Å². The van der Waals surface area contributed by atoms with Crippen molar-refractivity contribution in [3.05, 3.63) is 231 Å². The Morgan fingerprint density at radius 2 is 0.651 bits per heavy atom. The van der Waals surface area contributed by atoms with E-state index in [0.717, 1.165) is 84.2 Å². The van der Waals surface area contributed by atoms with Crippen molar-refractivity contribution in [1.82, 2.24) is 15.0 Å². The van der Waals surface area contributed by atoms with E-state index >= 15 is 0 Å². The van der Waals surface area contributed by atoms with Crippen LogP contribution in [0, 0.1) is 0 Å². The van der Waals surface area contributed by atoms with Crippen molar-refractivity contribution >= 4 is 57.2 Å². The molecule has 0 amide bonds. The Kier molecular flexibility index (Phi) is 8.86. The molecule has 0 radical (unpaired) electrons. The van der Waals surface area contributed by atoms with Gasteiger partial charge in [-0.05, 0) is 122 Å². The van der Waals surface area contributed by atoms with Crippen LogP contribution in [-0.2, 0) is 0 Å². The molecule has 0 saturated carbocycles. The van der Waals surface area contributed by atoms with Gasteiger partial charge in [-0.1, -0.05) is 158 Å². The predicted octanol–water partition coefficient (Wildman–Crippen LogP) is 12.3. The monoisotopic (exact) mass is 803 g/mol. The average Bonchev–Trinajstić information content (AvgIpc) is 3.37. The molecule has 294 valence electrons. The van der Waals surface area contributed by atoms with E-state index in [-0.39, 0.29) is 6.71 Å². The SMILES string of the molecule is c1ccc(-c2cc(-c3ccccc3)cc(N3c4ccccc4B4c5ccccc5N(c5cc(-c6ccccc6)cc(-c6ccccc6)c5)c5cc(-c6ncncn6)cc3c54)c2)cc1.